The van der Waals surface area contributed by atoms with Gasteiger partial charge in [0.15, 0.2) is 6.61 Å². The average molecular weight is 786 g/mol. The number of hydrogen-bond acceptors (Lipinski definition) is 10. The molecule has 6 N–H and O–H groups in total. The van der Waals surface area contributed by atoms with Crippen LogP contribution in [0.15, 0.2) is 36.4 Å². The van der Waals surface area contributed by atoms with Gasteiger partial charge in [0, 0.05) is 37.7 Å². The number of nitrogens with two attached hydrogens (primary N) is 1. The average Bonchev–Trinajstić information content (AvgIpc) is 3.43. The first-order valence-corrected chi connectivity index (χ1v) is 17.8. The Kier molecular flexibility index (Phi) is 14.4. The largest absolute Gasteiger partial charge is 0.482 e. The number of aliphatic hydroxyl groups is 1. The lowest BCUT2D eigenvalue weighted by Gasteiger charge is -2.33. The molecular weight excluding hydrogens is 744 g/mol. The molecule has 294 valence electrons. The molecule has 0 radical (unpaired) electrons. The highest BCUT2D eigenvalue weighted by Crippen LogP contribution is 2.39. The Labute approximate surface area is 311 Å². The third-order valence-corrected chi connectivity index (χ3v) is 9.54. The number of likely N-dealkylation sites (tertiary alicyclic amines) is 1. The fourth-order valence-electron chi connectivity index (χ4n) is 5.89. The Morgan fingerprint density at radius 2 is 1.80 bits per heavy atom. The molecule has 2 atom stereocenters. The molecule has 54 heavy (non-hydrogen) atoms. The summed E-state index contributed by atoms with van der Waals surface area (Å²) in [7, 11) is 1.07. The molecule has 2 amide bonds. The van der Waals surface area contributed by atoms with Crippen molar-refractivity contribution in [2.24, 2.45) is 5.73 Å². The van der Waals surface area contributed by atoms with Crippen molar-refractivity contribution in [2.45, 2.75) is 69.6 Å². The summed E-state index contributed by atoms with van der Waals surface area (Å²) in [4.78, 5) is 38.6. The first-order chi connectivity index (χ1) is 25.4. The van der Waals surface area contributed by atoms with Crippen molar-refractivity contribution >= 4 is 50.6 Å². The minimum absolute atomic E-state index is 0.00109. The van der Waals surface area contributed by atoms with Gasteiger partial charge in [-0.15, -0.1) is 11.3 Å². The zero-order valence-corrected chi connectivity index (χ0v) is 30.3. The summed E-state index contributed by atoms with van der Waals surface area (Å²) in [5, 5.41) is 18.7. The normalized spacial score (nSPS) is 15.1. The van der Waals surface area contributed by atoms with Crippen molar-refractivity contribution in [3.63, 3.8) is 0 Å². The third kappa shape index (κ3) is 12.7. The number of anilines is 2. The molecule has 1 aromatic heterocycles. The zero-order valence-electron chi connectivity index (χ0n) is 29.5. The molecule has 0 aliphatic carbocycles. The van der Waals surface area contributed by atoms with E-state index >= 15 is 0 Å². The van der Waals surface area contributed by atoms with Gasteiger partial charge >= 0.3 is 18.3 Å². The van der Waals surface area contributed by atoms with E-state index in [1.807, 2.05) is 0 Å². The molecule has 1 saturated heterocycles. The number of hydrogen-bond donors (Lipinski definition) is 5. The predicted molar refractivity (Wildman–Crippen MR) is 191 cm³/mol. The lowest BCUT2D eigenvalue weighted by Crippen LogP contribution is -2.42. The van der Waals surface area contributed by atoms with Crippen LogP contribution in [-0.2, 0) is 20.7 Å². The molecule has 0 bridgehead atoms. The first kappa shape index (κ1) is 42.0. The van der Waals surface area contributed by atoms with Crippen LogP contribution in [-0.4, -0.2) is 98.2 Å². The van der Waals surface area contributed by atoms with Gasteiger partial charge in [0.05, 0.1) is 47.1 Å². The zero-order chi connectivity index (χ0) is 39.6. The molecule has 4 rings (SSSR count). The standard InChI is InChI=1S/C36H41F6N5O6S/c1-21(48)19-47-15-12-23(13-16-47)45-27-6-3-5-24-25(18-35(37,38)39)30(54-32(24)27)7-4-14-44-26-9-8-22(17-29(26)53-20-36(40,41)42)33(50)46-28(34(51)52-2)10-11-31(43)49/h3,5-6,8-9,17,21,23,28,44-45,48H,10-16,18-20H2,1-2H3,(H2,43,49)(H,46,50). The fourth-order valence-corrected chi connectivity index (χ4v) is 7.06. The number of rotatable bonds is 15. The summed E-state index contributed by atoms with van der Waals surface area (Å²) in [5.41, 5.74) is 5.64. The summed E-state index contributed by atoms with van der Waals surface area (Å²) < 4.78 is 90.8. The molecule has 11 nitrogen and oxygen atoms in total. The van der Waals surface area contributed by atoms with Crippen molar-refractivity contribution in [1.82, 2.24) is 10.2 Å². The van der Waals surface area contributed by atoms with Gasteiger partial charge in [-0.1, -0.05) is 24.0 Å². The van der Waals surface area contributed by atoms with Gasteiger partial charge in [-0.2, -0.15) is 26.3 Å². The highest BCUT2D eigenvalue weighted by Gasteiger charge is 2.32. The number of methoxy groups -OCH3 is 1. The maximum atomic E-state index is 13.8. The lowest BCUT2D eigenvalue weighted by atomic mass is 10.0. The number of β-amino-alcohol motifs (C(OH)–C–C–N with tert-alkyl or cyclic N) is 1. The van der Waals surface area contributed by atoms with Crippen LogP contribution in [0.25, 0.3) is 10.1 Å². The minimum Gasteiger partial charge on any atom is -0.482 e. The van der Waals surface area contributed by atoms with Crippen molar-refractivity contribution in [3.05, 3.63) is 52.4 Å². The van der Waals surface area contributed by atoms with Crippen molar-refractivity contribution in [3.8, 4) is 17.6 Å². The van der Waals surface area contributed by atoms with Gasteiger partial charge in [-0.3, -0.25) is 9.59 Å². The second-order valence-corrected chi connectivity index (χ2v) is 13.8. The fraction of sp³-hybridized carbons (Fsp3) is 0.472. The van der Waals surface area contributed by atoms with Crippen LogP contribution in [0.1, 0.15) is 53.4 Å². The van der Waals surface area contributed by atoms with E-state index in [-0.39, 0.29) is 52.9 Å². The highest BCUT2D eigenvalue weighted by molar-refractivity contribution is 7.20. The van der Waals surface area contributed by atoms with E-state index in [1.54, 1.807) is 25.1 Å². The second-order valence-electron chi connectivity index (χ2n) is 12.8. The Morgan fingerprint density at radius 3 is 2.43 bits per heavy atom. The molecule has 3 aromatic rings. The van der Waals surface area contributed by atoms with E-state index in [9.17, 15) is 45.8 Å². The Morgan fingerprint density at radius 1 is 1.07 bits per heavy atom. The maximum Gasteiger partial charge on any atom is 0.422 e. The molecule has 1 fully saturated rings. The molecule has 18 heteroatoms. The number of thiophene rings is 1. The summed E-state index contributed by atoms with van der Waals surface area (Å²) in [6.45, 7) is 1.89. The molecule has 2 heterocycles. The summed E-state index contributed by atoms with van der Waals surface area (Å²) >= 11 is 1.11. The number of benzene rings is 2. The quantitative estimate of drug-likeness (QED) is 0.0795. The van der Waals surface area contributed by atoms with Gasteiger partial charge < -0.3 is 41.2 Å². The monoisotopic (exact) mass is 785 g/mol. The van der Waals surface area contributed by atoms with Crippen LogP contribution in [0.2, 0.25) is 0 Å². The molecule has 0 spiro atoms. The number of carbonyl (C=O) groups excluding carboxylic acids is 3. The van der Waals surface area contributed by atoms with E-state index < -0.39 is 55.3 Å². The molecule has 2 unspecified atom stereocenters. The topological polar surface area (TPSA) is 155 Å². The van der Waals surface area contributed by atoms with E-state index in [0.29, 0.717) is 22.3 Å². The number of alkyl halides is 6. The SMILES string of the molecule is COC(=O)C(CCC(N)=O)NC(=O)c1ccc(NCC#Cc2sc3c(NC4CCN(CC(C)O)CC4)cccc3c2CC(F)(F)F)c(OCC(F)(F)F)c1. The number of amides is 2. The van der Waals surface area contributed by atoms with E-state index in [4.69, 9.17) is 10.5 Å². The smallest absolute Gasteiger partial charge is 0.422 e. The van der Waals surface area contributed by atoms with Crippen LogP contribution < -0.4 is 26.4 Å². The molecule has 1 aliphatic rings. The molecule has 0 saturated carbocycles. The second kappa shape index (κ2) is 18.5. The van der Waals surface area contributed by atoms with Crippen molar-refractivity contribution < 1.29 is 55.3 Å². The number of fused-ring (bicyclic) bond motifs is 1. The third-order valence-electron chi connectivity index (χ3n) is 8.34. The molecule has 1 aliphatic heterocycles. The molecule has 2 aromatic carbocycles. The summed E-state index contributed by atoms with van der Waals surface area (Å²) in [6, 6.07) is 7.41. The number of piperidine rings is 1. The van der Waals surface area contributed by atoms with Crippen molar-refractivity contribution in [1.29, 1.82) is 0 Å². The van der Waals surface area contributed by atoms with Crippen LogP contribution in [0, 0.1) is 11.8 Å². The van der Waals surface area contributed by atoms with Crippen molar-refractivity contribution in [2.75, 3.05) is 50.5 Å². The highest BCUT2D eigenvalue weighted by atomic mass is 32.1. The number of nitrogens with zero attached hydrogens (tertiary/aromatic N) is 1. The molecular formula is C36H41F6N5O6S. The number of halogens is 6. The first-order valence-electron chi connectivity index (χ1n) is 16.9. The summed E-state index contributed by atoms with van der Waals surface area (Å²) in [5.74, 6) is 2.68. The Balaban J connectivity index is 1.55. The van der Waals surface area contributed by atoms with E-state index in [1.165, 1.54) is 12.1 Å². The van der Waals surface area contributed by atoms with Gasteiger partial charge in [-0.25, -0.2) is 4.79 Å². The summed E-state index contributed by atoms with van der Waals surface area (Å²) in [6.07, 6.45) is -9.80. The van der Waals surface area contributed by atoms with Crippen LogP contribution in [0.5, 0.6) is 5.75 Å². The van der Waals surface area contributed by atoms with Crippen LogP contribution >= 0.6 is 11.3 Å². The van der Waals surface area contributed by atoms with E-state index in [2.05, 4.69) is 37.4 Å². The number of primary amides is 1. The van der Waals surface area contributed by atoms with Gasteiger partial charge in [0.1, 0.15) is 11.8 Å². The number of nitrogens with one attached hydrogen (secondary N) is 3. The minimum atomic E-state index is -4.74. The Hall–Kier alpha value is -4.73. The number of aliphatic hydroxyl groups excluding tert-OH is 1. The maximum absolute atomic E-state index is 13.8. The van der Waals surface area contributed by atoms with Gasteiger partial charge in [0.25, 0.3) is 5.91 Å². The van der Waals surface area contributed by atoms with Gasteiger partial charge in [-0.05, 0) is 61.4 Å². The van der Waals surface area contributed by atoms with Crippen LogP contribution in [0.3, 0.4) is 0 Å². The predicted octanol–water partition coefficient (Wildman–Crippen LogP) is 5.20. The van der Waals surface area contributed by atoms with E-state index in [0.717, 1.165) is 50.4 Å². The number of carbonyl (C=O) groups is 3. The number of ether oxygens (including phenoxy) is 2. The number of esters is 1. The Bertz CT molecular complexity index is 1850. The van der Waals surface area contributed by atoms with Crippen LogP contribution in [0.4, 0.5) is 37.7 Å². The lowest BCUT2D eigenvalue weighted by molar-refractivity contribution is -0.153. The van der Waals surface area contributed by atoms with Gasteiger partial charge in [0.2, 0.25) is 5.91 Å².